The molecule has 0 aliphatic carbocycles. The lowest BCUT2D eigenvalue weighted by Gasteiger charge is -2.26. The number of sulfone groups is 1. The number of halogens is 2. The van der Waals surface area contributed by atoms with E-state index in [0.29, 0.717) is 36.9 Å². The fourth-order valence-corrected chi connectivity index (χ4v) is 4.69. The number of ether oxygens (including phenoxy) is 1. The number of benzene rings is 2. The zero-order chi connectivity index (χ0) is 19.7. The quantitative estimate of drug-likeness (QED) is 0.469. The third kappa shape index (κ3) is 3.91. The van der Waals surface area contributed by atoms with Crippen molar-refractivity contribution in [1.82, 2.24) is 4.98 Å². The molecule has 2 aromatic carbocycles. The Bertz CT molecular complexity index is 1080. The number of morpholine rings is 1. The molecule has 6 nitrogen and oxygen atoms in total. The summed E-state index contributed by atoms with van der Waals surface area (Å²) in [5.41, 5.74) is 0.715. The first-order chi connectivity index (χ1) is 13.4. The number of oxazole rings is 1. The van der Waals surface area contributed by atoms with Crippen LogP contribution in [0.4, 0.5) is 5.88 Å². The SMILES string of the molecule is O=S(=O)(c1ccc(Cl)cc1)c1nc(-c2ccc(I)cc2)oc1N1CCOCC1. The highest BCUT2D eigenvalue weighted by Crippen LogP contribution is 2.35. The summed E-state index contributed by atoms with van der Waals surface area (Å²) in [5.74, 6) is 0.511. The molecule has 0 saturated carbocycles. The predicted molar refractivity (Wildman–Crippen MR) is 115 cm³/mol. The van der Waals surface area contributed by atoms with Crippen molar-refractivity contribution in [3.05, 3.63) is 57.1 Å². The van der Waals surface area contributed by atoms with Crippen LogP contribution >= 0.6 is 34.2 Å². The number of nitrogens with zero attached hydrogens (tertiary/aromatic N) is 2. The summed E-state index contributed by atoms with van der Waals surface area (Å²) in [6.45, 7) is 2.06. The Labute approximate surface area is 181 Å². The maximum absolute atomic E-state index is 13.3. The van der Waals surface area contributed by atoms with Crippen LogP contribution in [0.2, 0.25) is 5.02 Å². The molecule has 0 bridgehead atoms. The lowest BCUT2D eigenvalue weighted by atomic mass is 10.2. The molecule has 0 atom stereocenters. The number of hydrogen-bond donors (Lipinski definition) is 0. The van der Waals surface area contributed by atoms with Gasteiger partial charge in [-0.25, -0.2) is 8.42 Å². The first-order valence-electron chi connectivity index (χ1n) is 8.55. The molecule has 0 unspecified atom stereocenters. The summed E-state index contributed by atoms with van der Waals surface area (Å²) < 4.78 is 39.0. The average molecular weight is 531 g/mol. The van der Waals surface area contributed by atoms with Gasteiger partial charge in [-0.2, -0.15) is 4.98 Å². The highest BCUT2D eigenvalue weighted by atomic mass is 127. The molecular weight excluding hydrogens is 515 g/mol. The minimum absolute atomic E-state index is 0.0923. The van der Waals surface area contributed by atoms with Crippen molar-refractivity contribution < 1.29 is 17.6 Å². The molecule has 146 valence electrons. The smallest absolute Gasteiger partial charge is 0.236 e. The minimum atomic E-state index is -3.88. The molecular formula is C19H16ClIN2O4S. The lowest BCUT2D eigenvalue weighted by molar-refractivity contribution is 0.120. The summed E-state index contributed by atoms with van der Waals surface area (Å²) in [5, 5.41) is 0.373. The van der Waals surface area contributed by atoms with Gasteiger partial charge in [0.15, 0.2) is 0 Å². The van der Waals surface area contributed by atoms with E-state index in [1.54, 1.807) is 12.1 Å². The number of hydrogen-bond acceptors (Lipinski definition) is 6. The summed E-state index contributed by atoms with van der Waals surface area (Å²) in [4.78, 5) is 6.36. The van der Waals surface area contributed by atoms with Crippen molar-refractivity contribution in [2.75, 3.05) is 31.2 Å². The van der Waals surface area contributed by atoms with Crippen molar-refractivity contribution in [2.24, 2.45) is 0 Å². The monoisotopic (exact) mass is 530 g/mol. The summed E-state index contributed by atoms with van der Waals surface area (Å²) in [7, 11) is -3.88. The van der Waals surface area contributed by atoms with Crippen molar-refractivity contribution >= 4 is 49.9 Å². The van der Waals surface area contributed by atoms with E-state index in [1.165, 1.54) is 12.1 Å². The molecule has 2 heterocycles. The Morgan fingerprint density at radius 3 is 2.29 bits per heavy atom. The molecule has 0 radical (unpaired) electrons. The third-order valence-electron chi connectivity index (χ3n) is 4.35. The van der Waals surface area contributed by atoms with Gasteiger partial charge in [0.25, 0.3) is 0 Å². The zero-order valence-corrected chi connectivity index (χ0v) is 18.4. The average Bonchev–Trinajstić information content (AvgIpc) is 3.16. The fraction of sp³-hybridized carbons (Fsp3) is 0.211. The fourth-order valence-electron chi connectivity index (χ4n) is 2.88. The number of anilines is 1. The van der Waals surface area contributed by atoms with Crippen molar-refractivity contribution in [3.8, 4) is 11.5 Å². The Hall–Kier alpha value is -1.62. The van der Waals surface area contributed by atoms with Gasteiger partial charge in [0.1, 0.15) is 0 Å². The molecule has 4 rings (SSSR count). The van der Waals surface area contributed by atoms with E-state index in [1.807, 2.05) is 29.2 Å². The highest BCUT2D eigenvalue weighted by molar-refractivity contribution is 14.1. The van der Waals surface area contributed by atoms with Gasteiger partial charge in [-0.1, -0.05) is 11.6 Å². The zero-order valence-electron chi connectivity index (χ0n) is 14.6. The molecule has 1 aromatic heterocycles. The van der Waals surface area contributed by atoms with E-state index in [-0.39, 0.29) is 21.7 Å². The van der Waals surface area contributed by atoms with Crippen LogP contribution in [0.15, 0.2) is 62.9 Å². The van der Waals surface area contributed by atoms with E-state index in [2.05, 4.69) is 27.6 Å². The normalized spacial score (nSPS) is 15.0. The van der Waals surface area contributed by atoms with Gasteiger partial charge in [0, 0.05) is 27.2 Å². The highest BCUT2D eigenvalue weighted by Gasteiger charge is 2.32. The van der Waals surface area contributed by atoms with Crippen LogP contribution in [-0.4, -0.2) is 39.7 Å². The second-order valence-corrected chi connectivity index (χ2v) is 9.74. The molecule has 1 aliphatic rings. The van der Waals surface area contributed by atoms with E-state index < -0.39 is 9.84 Å². The van der Waals surface area contributed by atoms with Gasteiger partial charge < -0.3 is 14.1 Å². The van der Waals surface area contributed by atoms with Crippen molar-refractivity contribution in [2.45, 2.75) is 9.92 Å². The van der Waals surface area contributed by atoms with Crippen LogP contribution in [-0.2, 0) is 14.6 Å². The van der Waals surface area contributed by atoms with Gasteiger partial charge in [-0.05, 0) is 71.1 Å². The van der Waals surface area contributed by atoms with Crippen LogP contribution in [0.1, 0.15) is 0 Å². The van der Waals surface area contributed by atoms with Crippen molar-refractivity contribution in [1.29, 1.82) is 0 Å². The van der Waals surface area contributed by atoms with Crippen LogP contribution < -0.4 is 4.90 Å². The van der Waals surface area contributed by atoms with Gasteiger partial charge in [0.2, 0.25) is 26.6 Å². The molecule has 28 heavy (non-hydrogen) atoms. The molecule has 0 N–H and O–H groups in total. The maximum atomic E-state index is 13.3. The maximum Gasteiger partial charge on any atom is 0.236 e. The van der Waals surface area contributed by atoms with E-state index in [0.717, 1.165) is 3.57 Å². The predicted octanol–water partition coefficient (Wildman–Crippen LogP) is 4.27. The molecule has 1 saturated heterocycles. The van der Waals surface area contributed by atoms with Crippen LogP contribution in [0.3, 0.4) is 0 Å². The Kier molecular flexibility index (Phi) is 5.64. The Balaban J connectivity index is 1.84. The first-order valence-corrected chi connectivity index (χ1v) is 11.5. The topological polar surface area (TPSA) is 72.6 Å². The van der Waals surface area contributed by atoms with E-state index >= 15 is 0 Å². The van der Waals surface area contributed by atoms with Gasteiger partial charge >= 0.3 is 0 Å². The van der Waals surface area contributed by atoms with Crippen LogP contribution in [0.25, 0.3) is 11.5 Å². The number of rotatable bonds is 4. The molecule has 0 amide bonds. The van der Waals surface area contributed by atoms with Gasteiger partial charge in [-0.3, -0.25) is 0 Å². The molecule has 1 fully saturated rings. The summed E-state index contributed by atoms with van der Waals surface area (Å²) >= 11 is 8.11. The molecule has 3 aromatic rings. The standard InChI is InChI=1S/C19H16ClIN2O4S/c20-14-3-7-16(8-4-14)28(24,25)18-19(23-9-11-26-12-10-23)27-17(22-18)13-1-5-15(21)6-2-13/h1-8H,9-12H2. The second kappa shape index (κ2) is 8.02. The number of aromatic nitrogens is 1. The van der Waals surface area contributed by atoms with Crippen LogP contribution in [0.5, 0.6) is 0 Å². The van der Waals surface area contributed by atoms with Gasteiger partial charge in [0.05, 0.1) is 18.1 Å². The van der Waals surface area contributed by atoms with E-state index in [9.17, 15) is 8.42 Å². The summed E-state index contributed by atoms with van der Waals surface area (Å²) in [6, 6.07) is 13.6. The minimum Gasteiger partial charge on any atom is -0.419 e. The first kappa shape index (κ1) is 19.7. The summed E-state index contributed by atoms with van der Waals surface area (Å²) in [6.07, 6.45) is 0. The Morgan fingerprint density at radius 2 is 1.64 bits per heavy atom. The second-order valence-electron chi connectivity index (χ2n) is 6.19. The molecule has 9 heteroatoms. The van der Waals surface area contributed by atoms with Crippen molar-refractivity contribution in [3.63, 3.8) is 0 Å². The van der Waals surface area contributed by atoms with Gasteiger partial charge in [-0.15, -0.1) is 0 Å². The Morgan fingerprint density at radius 1 is 1.00 bits per heavy atom. The van der Waals surface area contributed by atoms with E-state index in [4.69, 9.17) is 20.8 Å². The molecule has 0 spiro atoms. The third-order valence-corrected chi connectivity index (χ3v) is 6.99. The molecule has 1 aliphatic heterocycles. The van der Waals surface area contributed by atoms with Crippen LogP contribution in [0, 0.1) is 3.57 Å². The lowest BCUT2D eigenvalue weighted by Crippen LogP contribution is -2.36. The largest absolute Gasteiger partial charge is 0.419 e.